The van der Waals surface area contributed by atoms with E-state index in [4.69, 9.17) is 4.74 Å². The van der Waals surface area contributed by atoms with Gasteiger partial charge in [-0.1, -0.05) is 25.1 Å². The Hall–Kier alpha value is -1.85. The molecular formula is C21H29N3O2. The van der Waals surface area contributed by atoms with Crippen molar-refractivity contribution in [3.8, 4) is 5.75 Å². The van der Waals surface area contributed by atoms with Crippen LogP contribution in [-0.4, -0.2) is 38.2 Å². The van der Waals surface area contributed by atoms with Crippen LogP contribution in [0.3, 0.4) is 0 Å². The van der Waals surface area contributed by atoms with E-state index in [1.54, 1.807) is 6.20 Å². The van der Waals surface area contributed by atoms with Gasteiger partial charge < -0.3 is 14.4 Å². The molecular weight excluding hydrogens is 326 g/mol. The van der Waals surface area contributed by atoms with E-state index >= 15 is 0 Å². The first kappa shape index (κ1) is 17.6. The highest BCUT2D eigenvalue weighted by Crippen LogP contribution is 2.46. The Balaban J connectivity index is 1.52. The molecule has 2 aromatic rings. The Bertz CT molecular complexity index is 743. The van der Waals surface area contributed by atoms with Gasteiger partial charge in [-0.3, -0.25) is 4.90 Å². The standard InChI is InChI=1S/C21H29N3O2/c1-3-12-26-19-7-5-4-6-16(19)15-24-17-8-9-18(24)14-21(25,13-17)20-22-10-11-23(20)2/h4-7,10-11,17-18,25H,3,8-9,12-15H2,1-2H3/t17-,18-/m0/s1. The fourth-order valence-electron chi connectivity index (χ4n) is 4.75. The summed E-state index contributed by atoms with van der Waals surface area (Å²) in [5.74, 6) is 1.81. The lowest BCUT2D eigenvalue weighted by Crippen LogP contribution is -2.50. The topological polar surface area (TPSA) is 50.5 Å². The molecule has 5 nitrogen and oxygen atoms in total. The van der Waals surface area contributed by atoms with E-state index in [9.17, 15) is 5.11 Å². The van der Waals surface area contributed by atoms with Crippen molar-refractivity contribution >= 4 is 0 Å². The summed E-state index contributed by atoms with van der Waals surface area (Å²) in [7, 11) is 1.97. The summed E-state index contributed by atoms with van der Waals surface area (Å²) in [5, 5.41) is 11.3. The van der Waals surface area contributed by atoms with Gasteiger partial charge in [0.25, 0.3) is 0 Å². The molecule has 2 aliphatic rings. The number of ether oxygens (including phenoxy) is 1. The molecule has 0 radical (unpaired) electrons. The van der Waals surface area contributed by atoms with Crippen molar-refractivity contribution in [1.82, 2.24) is 14.5 Å². The highest BCUT2D eigenvalue weighted by molar-refractivity contribution is 5.33. The number of para-hydroxylation sites is 1. The molecule has 140 valence electrons. The predicted molar refractivity (Wildman–Crippen MR) is 101 cm³/mol. The van der Waals surface area contributed by atoms with Crippen LogP contribution in [0.4, 0.5) is 0 Å². The quantitative estimate of drug-likeness (QED) is 0.864. The number of benzene rings is 1. The number of imidazole rings is 1. The van der Waals surface area contributed by atoms with Crippen LogP contribution in [0.15, 0.2) is 36.7 Å². The van der Waals surface area contributed by atoms with Crippen LogP contribution in [0.2, 0.25) is 0 Å². The van der Waals surface area contributed by atoms with Gasteiger partial charge in [0.05, 0.1) is 6.61 Å². The van der Waals surface area contributed by atoms with Crippen LogP contribution in [0, 0.1) is 0 Å². The molecule has 2 fully saturated rings. The molecule has 0 spiro atoms. The second-order valence-corrected chi connectivity index (χ2v) is 7.82. The summed E-state index contributed by atoms with van der Waals surface area (Å²) in [5.41, 5.74) is 0.444. The molecule has 0 amide bonds. The minimum Gasteiger partial charge on any atom is -0.493 e. The number of piperidine rings is 1. The van der Waals surface area contributed by atoms with E-state index in [0.717, 1.165) is 56.8 Å². The van der Waals surface area contributed by atoms with Crippen LogP contribution in [0.1, 0.15) is 50.4 Å². The van der Waals surface area contributed by atoms with Crippen molar-refractivity contribution in [2.24, 2.45) is 7.05 Å². The molecule has 26 heavy (non-hydrogen) atoms. The zero-order valence-electron chi connectivity index (χ0n) is 15.8. The maximum Gasteiger partial charge on any atom is 0.140 e. The van der Waals surface area contributed by atoms with Crippen LogP contribution in [0.5, 0.6) is 5.75 Å². The summed E-state index contributed by atoms with van der Waals surface area (Å²) >= 11 is 0. The highest BCUT2D eigenvalue weighted by Gasteiger charge is 2.49. The van der Waals surface area contributed by atoms with Crippen molar-refractivity contribution in [2.75, 3.05) is 6.61 Å². The number of rotatable bonds is 6. The molecule has 2 atom stereocenters. The molecule has 0 saturated carbocycles. The predicted octanol–water partition coefficient (Wildman–Crippen LogP) is 3.22. The minimum absolute atomic E-state index is 0.398. The number of aryl methyl sites for hydroxylation is 1. The fraction of sp³-hybridized carbons (Fsp3) is 0.571. The number of fused-ring (bicyclic) bond motifs is 2. The lowest BCUT2D eigenvalue weighted by molar-refractivity contribution is -0.0670. The van der Waals surface area contributed by atoms with E-state index in [1.807, 2.05) is 23.9 Å². The molecule has 1 aromatic heterocycles. The summed E-state index contributed by atoms with van der Waals surface area (Å²) in [6, 6.07) is 9.17. The number of aliphatic hydroxyl groups is 1. The van der Waals surface area contributed by atoms with Crippen molar-refractivity contribution in [3.63, 3.8) is 0 Å². The van der Waals surface area contributed by atoms with Crippen LogP contribution >= 0.6 is 0 Å². The maximum atomic E-state index is 11.3. The molecule has 4 rings (SSSR count). The monoisotopic (exact) mass is 355 g/mol. The Morgan fingerprint density at radius 2 is 1.96 bits per heavy atom. The van der Waals surface area contributed by atoms with Gasteiger partial charge in [-0.05, 0) is 38.2 Å². The van der Waals surface area contributed by atoms with Crippen LogP contribution in [-0.2, 0) is 19.2 Å². The summed E-state index contributed by atoms with van der Waals surface area (Å²) in [4.78, 5) is 7.01. The molecule has 0 aliphatic carbocycles. The van der Waals surface area contributed by atoms with Crippen molar-refractivity contribution in [3.05, 3.63) is 48.0 Å². The normalized spacial score (nSPS) is 28.4. The van der Waals surface area contributed by atoms with Crippen molar-refractivity contribution in [1.29, 1.82) is 0 Å². The molecule has 2 aliphatic heterocycles. The van der Waals surface area contributed by atoms with Gasteiger partial charge in [-0.2, -0.15) is 0 Å². The van der Waals surface area contributed by atoms with Gasteiger partial charge in [-0.15, -0.1) is 0 Å². The van der Waals surface area contributed by atoms with E-state index in [2.05, 4.69) is 35.0 Å². The molecule has 0 unspecified atom stereocenters. The van der Waals surface area contributed by atoms with Crippen molar-refractivity contribution < 1.29 is 9.84 Å². The van der Waals surface area contributed by atoms with E-state index in [1.165, 1.54) is 5.56 Å². The number of hydrogen-bond acceptors (Lipinski definition) is 4. The zero-order valence-corrected chi connectivity index (χ0v) is 15.8. The molecule has 1 N–H and O–H groups in total. The molecule has 2 saturated heterocycles. The number of hydrogen-bond donors (Lipinski definition) is 1. The first-order valence-electron chi connectivity index (χ1n) is 9.77. The second kappa shape index (κ2) is 7.05. The Labute approximate surface area is 155 Å². The number of nitrogens with zero attached hydrogens (tertiary/aromatic N) is 3. The Morgan fingerprint density at radius 1 is 1.23 bits per heavy atom. The maximum absolute atomic E-state index is 11.3. The van der Waals surface area contributed by atoms with Gasteiger partial charge in [-0.25, -0.2) is 4.98 Å². The fourth-order valence-corrected chi connectivity index (χ4v) is 4.75. The summed E-state index contributed by atoms with van der Waals surface area (Å²) in [6.45, 7) is 3.78. The zero-order chi connectivity index (χ0) is 18.1. The second-order valence-electron chi connectivity index (χ2n) is 7.82. The first-order valence-corrected chi connectivity index (χ1v) is 9.77. The lowest BCUT2D eigenvalue weighted by atomic mass is 9.85. The van der Waals surface area contributed by atoms with Crippen LogP contribution < -0.4 is 4.74 Å². The molecule has 5 heteroatoms. The summed E-state index contributed by atoms with van der Waals surface area (Å²) < 4.78 is 7.91. The van der Waals surface area contributed by atoms with Gasteiger partial charge in [0.15, 0.2) is 0 Å². The average Bonchev–Trinajstić information content (AvgIpc) is 3.17. The SMILES string of the molecule is CCCOc1ccccc1CN1[C@H]2CC[C@H]1CC(O)(c1nccn1C)C2. The smallest absolute Gasteiger partial charge is 0.140 e. The number of aromatic nitrogens is 2. The third-order valence-corrected chi connectivity index (χ3v) is 5.94. The van der Waals surface area contributed by atoms with Gasteiger partial charge >= 0.3 is 0 Å². The van der Waals surface area contributed by atoms with Gasteiger partial charge in [0.2, 0.25) is 0 Å². The van der Waals surface area contributed by atoms with Crippen LogP contribution in [0.25, 0.3) is 0 Å². The van der Waals surface area contributed by atoms with Crippen molar-refractivity contribution in [2.45, 2.75) is 63.3 Å². The average molecular weight is 355 g/mol. The molecule has 1 aromatic carbocycles. The largest absolute Gasteiger partial charge is 0.493 e. The lowest BCUT2D eigenvalue weighted by Gasteiger charge is -2.43. The highest BCUT2D eigenvalue weighted by atomic mass is 16.5. The van der Waals surface area contributed by atoms with E-state index in [0.29, 0.717) is 12.1 Å². The third-order valence-electron chi connectivity index (χ3n) is 5.94. The minimum atomic E-state index is -0.807. The Kier molecular flexibility index (Phi) is 4.76. The molecule has 3 heterocycles. The van der Waals surface area contributed by atoms with E-state index < -0.39 is 5.60 Å². The Morgan fingerprint density at radius 3 is 2.62 bits per heavy atom. The summed E-state index contributed by atoms with van der Waals surface area (Å²) in [6.07, 6.45) is 8.52. The first-order chi connectivity index (χ1) is 12.6. The molecule has 2 bridgehead atoms. The van der Waals surface area contributed by atoms with Gasteiger partial charge in [0, 0.05) is 43.6 Å². The van der Waals surface area contributed by atoms with Gasteiger partial charge in [0.1, 0.15) is 17.2 Å². The van der Waals surface area contributed by atoms with E-state index in [-0.39, 0.29) is 0 Å². The third kappa shape index (κ3) is 3.14.